The van der Waals surface area contributed by atoms with E-state index in [-0.39, 0.29) is 5.41 Å². The van der Waals surface area contributed by atoms with Crippen molar-refractivity contribution in [3.05, 3.63) is 47.5 Å². The third-order valence-electron chi connectivity index (χ3n) is 2.62. The Bertz CT molecular complexity index is 327. The van der Waals surface area contributed by atoms with Crippen LogP contribution in [0.15, 0.2) is 36.4 Å². The highest BCUT2D eigenvalue weighted by atomic mass is 35.5. The van der Waals surface area contributed by atoms with Crippen LogP contribution in [0.4, 0.5) is 0 Å². The Hall–Kier alpha value is -0.750. The van der Waals surface area contributed by atoms with Crippen LogP contribution in [0.5, 0.6) is 0 Å². The third-order valence-corrected chi connectivity index (χ3v) is 2.83. The Balaban J connectivity index is 2.58. The predicted molar refractivity (Wildman–Crippen MR) is 73.3 cm³/mol. The van der Waals surface area contributed by atoms with Gasteiger partial charge in [0.2, 0.25) is 0 Å². The SMILES string of the molecule is CC(C)(C)c1ccc(CC=CCCCl)cc1. The van der Waals surface area contributed by atoms with E-state index in [9.17, 15) is 0 Å². The summed E-state index contributed by atoms with van der Waals surface area (Å²) in [4.78, 5) is 0. The first-order valence-corrected chi connectivity index (χ1v) is 6.38. The van der Waals surface area contributed by atoms with E-state index in [1.165, 1.54) is 11.1 Å². The fourth-order valence-corrected chi connectivity index (χ4v) is 1.67. The molecular formula is C15H21Cl. The molecule has 0 aliphatic heterocycles. The summed E-state index contributed by atoms with van der Waals surface area (Å²) >= 11 is 5.60. The van der Waals surface area contributed by atoms with Crippen molar-refractivity contribution in [2.45, 2.75) is 39.0 Å². The summed E-state index contributed by atoms with van der Waals surface area (Å²) < 4.78 is 0. The lowest BCUT2D eigenvalue weighted by Crippen LogP contribution is -2.10. The van der Waals surface area contributed by atoms with Gasteiger partial charge in [-0.05, 0) is 29.4 Å². The van der Waals surface area contributed by atoms with Crippen LogP contribution in [0.25, 0.3) is 0 Å². The molecule has 0 amide bonds. The van der Waals surface area contributed by atoms with E-state index in [1.54, 1.807) is 0 Å². The number of hydrogen-bond donors (Lipinski definition) is 0. The van der Waals surface area contributed by atoms with Crippen LogP contribution in [0.1, 0.15) is 38.3 Å². The van der Waals surface area contributed by atoms with E-state index in [0.29, 0.717) is 5.88 Å². The fourth-order valence-electron chi connectivity index (χ4n) is 1.54. The number of allylic oxidation sites excluding steroid dienone is 2. The highest BCUT2D eigenvalue weighted by Crippen LogP contribution is 2.22. The summed E-state index contributed by atoms with van der Waals surface area (Å²) in [5.41, 5.74) is 2.99. The molecule has 0 aliphatic rings. The highest BCUT2D eigenvalue weighted by Gasteiger charge is 2.12. The molecule has 0 bridgehead atoms. The van der Waals surface area contributed by atoms with Crippen molar-refractivity contribution < 1.29 is 0 Å². The lowest BCUT2D eigenvalue weighted by molar-refractivity contribution is 0.590. The van der Waals surface area contributed by atoms with Gasteiger partial charge in [-0.2, -0.15) is 0 Å². The smallest absolute Gasteiger partial charge is 0.0258 e. The standard InChI is InChI=1S/C15H21Cl/c1-15(2,3)14-10-8-13(9-11-14)7-5-4-6-12-16/h4-5,8-11H,6-7,12H2,1-3H3. The van der Waals surface area contributed by atoms with E-state index < -0.39 is 0 Å². The molecule has 0 fully saturated rings. The molecule has 1 aromatic rings. The van der Waals surface area contributed by atoms with E-state index in [0.717, 1.165) is 12.8 Å². The summed E-state index contributed by atoms with van der Waals surface area (Å²) in [7, 11) is 0. The quantitative estimate of drug-likeness (QED) is 0.525. The summed E-state index contributed by atoms with van der Waals surface area (Å²) in [6, 6.07) is 8.88. The minimum Gasteiger partial charge on any atom is -0.126 e. The Morgan fingerprint density at radius 2 is 1.69 bits per heavy atom. The van der Waals surface area contributed by atoms with E-state index in [1.807, 2.05) is 0 Å². The maximum Gasteiger partial charge on any atom is 0.0258 e. The molecule has 16 heavy (non-hydrogen) atoms. The fraction of sp³-hybridized carbons (Fsp3) is 0.467. The van der Waals surface area contributed by atoms with Crippen molar-refractivity contribution in [3.8, 4) is 0 Å². The van der Waals surface area contributed by atoms with Crippen molar-refractivity contribution in [3.63, 3.8) is 0 Å². The molecule has 88 valence electrons. The molecule has 0 N–H and O–H groups in total. The van der Waals surface area contributed by atoms with Crippen LogP contribution >= 0.6 is 11.6 Å². The molecule has 0 heterocycles. The first kappa shape index (κ1) is 13.3. The maximum atomic E-state index is 5.60. The summed E-state index contributed by atoms with van der Waals surface area (Å²) in [5.74, 6) is 0.708. The zero-order valence-corrected chi connectivity index (χ0v) is 11.2. The van der Waals surface area contributed by atoms with E-state index in [4.69, 9.17) is 11.6 Å². The van der Waals surface area contributed by atoms with Crippen LogP contribution in [0, 0.1) is 0 Å². The van der Waals surface area contributed by atoms with E-state index >= 15 is 0 Å². The molecule has 0 aromatic heterocycles. The van der Waals surface area contributed by atoms with Crippen LogP contribution in [0.3, 0.4) is 0 Å². The lowest BCUT2D eigenvalue weighted by atomic mass is 9.86. The van der Waals surface area contributed by atoms with Gasteiger partial charge in [0.05, 0.1) is 0 Å². The highest BCUT2D eigenvalue weighted by molar-refractivity contribution is 6.17. The van der Waals surface area contributed by atoms with E-state index in [2.05, 4.69) is 57.2 Å². The second-order valence-corrected chi connectivity index (χ2v) is 5.48. The predicted octanol–water partition coefficient (Wildman–Crippen LogP) is 4.71. The van der Waals surface area contributed by atoms with Gasteiger partial charge in [0, 0.05) is 5.88 Å². The molecule has 1 rings (SSSR count). The first-order chi connectivity index (χ1) is 7.54. The van der Waals surface area contributed by atoms with Gasteiger partial charge in [0.25, 0.3) is 0 Å². The molecule has 0 spiro atoms. The topological polar surface area (TPSA) is 0 Å². The second kappa shape index (κ2) is 6.10. The van der Waals surface area contributed by atoms with Crippen LogP contribution in [-0.2, 0) is 11.8 Å². The Morgan fingerprint density at radius 1 is 1.06 bits per heavy atom. The zero-order valence-electron chi connectivity index (χ0n) is 10.5. The molecule has 0 unspecified atom stereocenters. The Morgan fingerprint density at radius 3 is 2.19 bits per heavy atom. The molecule has 0 saturated carbocycles. The largest absolute Gasteiger partial charge is 0.126 e. The average molecular weight is 237 g/mol. The molecule has 1 aromatic carbocycles. The van der Waals surface area contributed by atoms with Crippen LogP contribution < -0.4 is 0 Å². The second-order valence-electron chi connectivity index (χ2n) is 5.10. The molecule has 0 nitrogen and oxygen atoms in total. The Labute approximate surface area is 104 Å². The van der Waals surface area contributed by atoms with Crippen LogP contribution in [-0.4, -0.2) is 5.88 Å². The van der Waals surface area contributed by atoms with Crippen molar-refractivity contribution in [2.75, 3.05) is 5.88 Å². The minimum atomic E-state index is 0.243. The Kier molecular flexibility index (Phi) is 5.08. The number of alkyl halides is 1. The van der Waals surface area contributed by atoms with Gasteiger partial charge < -0.3 is 0 Å². The molecule has 1 heteroatoms. The maximum absolute atomic E-state index is 5.60. The van der Waals surface area contributed by atoms with Crippen molar-refractivity contribution in [1.29, 1.82) is 0 Å². The van der Waals surface area contributed by atoms with Crippen LogP contribution in [0.2, 0.25) is 0 Å². The molecule has 0 atom stereocenters. The third kappa shape index (κ3) is 4.40. The first-order valence-electron chi connectivity index (χ1n) is 5.84. The van der Waals surface area contributed by atoms with Gasteiger partial charge >= 0.3 is 0 Å². The number of hydrogen-bond acceptors (Lipinski definition) is 0. The monoisotopic (exact) mass is 236 g/mol. The van der Waals surface area contributed by atoms with Gasteiger partial charge in [-0.1, -0.05) is 57.2 Å². The van der Waals surface area contributed by atoms with Crippen molar-refractivity contribution in [2.24, 2.45) is 0 Å². The molecule has 0 saturated heterocycles. The van der Waals surface area contributed by atoms with Gasteiger partial charge in [-0.15, -0.1) is 11.6 Å². The van der Waals surface area contributed by atoms with Gasteiger partial charge in [-0.25, -0.2) is 0 Å². The minimum absolute atomic E-state index is 0.243. The summed E-state index contributed by atoms with van der Waals surface area (Å²) in [5, 5.41) is 0. The normalized spacial score (nSPS) is 12.2. The summed E-state index contributed by atoms with van der Waals surface area (Å²) in [6.45, 7) is 6.72. The van der Waals surface area contributed by atoms with Crippen molar-refractivity contribution in [1.82, 2.24) is 0 Å². The molecular weight excluding hydrogens is 216 g/mol. The lowest BCUT2D eigenvalue weighted by Gasteiger charge is -2.18. The van der Waals surface area contributed by atoms with Gasteiger partial charge in [-0.3, -0.25) is 0 Å². The van der Waals surface area contributed by atoms with Gasteiger partial charge in [0.1, 0.15) is 0 Å². The van der Waals surface area contributed by atoms with Gasteiger partial charge in [0.15, 0.2) is 0 Å². The number of rotatable bonds is 4. The number of halogens is 1. The zero-order chi connectivity index (χ0) is 12.0. The molecule has 0 aliphatic carbocycles. The average Bonchev–Trinajstić information content (AvgIpc) is 2.24. The van der Waals surface area contributed by atoms with Crippen molar-refractivity contribution >= 4 is 11.6 Å². The summed E-state index contributed by atoms with van der Waals surface area (Å²) in [6.07, 6.45) is 6.29. The molecule has 0 radical (unpaired) electrons. The number of benzene rings is 1.